The van der Waals surface area contributed by atoms with Crippen LogP contribution in [0, 0.1) is 11.8 Å². The number of ether oxygens (including phenoxy) is 2. The van der Waals surface area contributed by atoms with E-state index in [1.807, 2.05) is 13.8 Å². The Kier molecular flexibility index (Phi) is 2.31. The average molecular weight is 198 g/mol. The van der Waals surface area contributed by atoms with Crippen molar-refractivity contribution in [3.05, 3.63) is 0 Å². The van der Waals surface area contributed by atoms with Crippen LogP contribution in [0.2, 0.25) is 0 Å². The van der Waals surface area contributed by atoms with Crippen LogP contribution in [0.4, 0.5) is 0 Å². The maximum atomic E-state index is 11.4. The van der Waals surface area contributed by atoms with Gasteiger partial charge in [-0.15, -0.1) is 0 Å². The molecular weight excluding hydrogens is 184 g/mol. The molecule has 0 aromatic heterocycles. The van der Waals surface area contributed by atoms with Gasteiger partial charge in [0.15, 0.2) is 0 Å². The number of hydrogen-bond donors (Lipinski definition) is 0. The van der Waals surface area contributed by atoms with Crippen molar-refractivity contribution in [2.24, 2.45) is 11.8 Å². The fourth-order valence-corrected chi connectivity index (χ4v) is 2.39. The third kappa shape index (κ3) is 1.17. The van der Waals surface area contributed by atoms with Gasteiger partial charge in [0.25, 0.3) is 0 Å². The summed E-state index contributed by atoms with van der Waals surface area (Å²) < 4.78 is 10.3. The van der Waals surface area contributed by atoms with E-state index in [-0.39, 0.29) is 24.0 Å². The van der Waals surface area contributed by atoms with E-state index in [4.69, 9.17) is 4.74 Å². The van der Waals surface area contributed by atoms with E-state index in [2.05, 4.69) is 4.74 Å². The predicted octanol–water partition coefficient (Wildman–Crippen LogP) is 0.890. The molecule has 0 aliphatic carbocycles. The van der Waals surface area contributed by atoms with Gasteiger partial charge in [0.05, 0.1) is 24.0 Å². The first-order valence-corrected chi connectivity index (χ1v) is 5.10. The molecule has 2 aliphatic heterocycles. The quantitative estimate of drug-likeness (QED) is 0.488. The summed E-state index contributed by atoms with van der Waals surface area (Å²) in [6, 6.07) is 0. The van der Waals surface area contributed by atoms with E-state index in [1.165, 1.54) is 0 Å². The van der Waals surface area contributed by atoms with Gasteiger partial charge in [-0.3, -0.25) is 9.59 Å². The van der Waals surface area contributed by atoms with Gasteiger partial charge in [-0.25, -0.2) is 0 Å². The third-order valence-electron chi connectivity index (χ3n) is 3.09. The molecule has 2 heterocycles. The summed E-state index contributed by atoms with van der Waals surface area (Å²) in [5, 5.41) is 0. The van der Waals surface area contributed by atoms with Gasteiger partial charge in [-0.1, -0.05) is 13.8 Å². The topological polar surface area (TPSA) is 52.6 Å². The van der Waals surface area contributed by atoms with Gasteiger partial charge in [0.2, 0.25) is 0 Å². The Morgan fingerprint density at radius 1 is 1.00 bits per heavy atom. The first-order valence-electron chi connectivity index (χ1n) is 5.10. The molecule has 4 nitrogen and oxygen atoms in total. The highest BCUT2D eigenvalue weighted by atomic mass is 16.6. The molecule has 0 amide bonds. The number of hydrogen-bond acceptors (Lipinski definition) is 4. The number of fused-ring (bicyclic) bond motifs is 1. The van der Waals surface area contributed by atoms with Crippen molar-refractivity contribution in [3.63, 3.8) is 0 Å². The Bertz CT molecular complexity index is 247. The first kappa shape index (κ1) is 9.65. The molecule has 0 saturated carbocycles. The molecule has 14 heavy (non-hydrogen) atoms. The van der Waals surface area contributed by atoms with Crippen molar-refractivity contribution in [2.75, 3.05) is 0 Å². The lowest BCUT2D eigenvalue weighted by molar-refractivity contribution is -0.158. The van der Waals surface area contributed by atoms with E-state index < -0.39 is 11.9 Å². The predicted molar refractivity (Wildman–Crippen MR) is 47.3 cm³/mol. The van der Waals surface area contributed by atoms with Crippen LogP contribution >= 0.6 is 0 Å². The third-order valence-corrected chi connectivity index (χ3v) is 3.09. The molecule has 0 radical (unpaired) electrons. The van der Waals surface area contributed by atoms with Gasteiger partial charge < -0.3 is 9.47 Å². The van der Waals surface area contributed by atoms with Crippen molar-refractivity contribution >= 4 is 11.9 Å². The zero-order valence-corrected chi connectivity index (χ0v) is 8.36. The standard InChI is InChI=1S/C10H14O4/c1-3-5-7-8(6(4-2)13-5)10(12)14-9(7)11/h5-8H,3-4H2,1-2H3. The van der Waals surface area contributed by atoms with Crippen molar-refractivity contribution in [2.45, 2.75) is 38.9 Å². The normalized spacial score (nSPS) is 41.3. The van der Waals surface area contributed by atoms with E-state index in [0.717, 1.165) is 12.8 Å². The van der Waals surface area contributed by atoms with E-state index in [9.17, 15) is 9.59 Å². The zero-order chi connectivity index (χ0) is 10.3. The number of rotatable bonds is 2. The van der Waals surface area contributed by atoms with Crippen LogP contribution in [0.3, 0.4) is 0 Å². The van der Waals surface area contributed by atoms with Crippen LogP contribution in [-0.2, 0) is 19.1 Å². The van der Waals surface area contributed by atoms with Crippen LogP contribution in [0.15, 0.2) is 0 Å². The molecule has 0 N–H and O–H groups in total. The summed E-state index contributed by atoms with van der Waals surface area (Å²) in [5.41, 5.74) is 0. The van der Waals surface area contributed by atoms with E-state index >= 15 is 0 Å². The van der Waals surface area contributed by atoms with Crippen molar-refractivity contribution in [1.29, 1.82) is 0 Å². The summed E-state index contributed by atoms with van der Waals surface area (Å²) in [5.74, 6) is -1.50. The van der Waals surface area contributed by atoms with Gasteiger partial charge in [0, 0.05) is 0 Å². The highest BCUT2D eigenvalue weighted by molar-refractivity contribution is 5.97. The molecule has 4 unspecified atom stereocenters. The SMILES string of the molecule is CCC1OC(CC)C2C(=O)OC(=O)C12. The second kappa shape index (κ2) is 3.35. The van der Waals surface area contributed by atoms with Crippen LogP contribution in [0.1, 0.15) is 26.7 Å². The molecule has 0 aromatic carbocycles. The minimum Gasteiger partial charge on any atom is -0.393 e. The fourth-order valence-electron chi connectivity index (χ4n) is 2.39. The maximum absolute atomic E-state index is 11.4. The Labute approximate surface area is 82.6 Å². The smallest absolute Gasteiger partial charge is 0.320 e. The van der Waals surface area contributed by atoms with Crippen molar-refractivity contribution in [1.82, 2.24) is 0 Å². The molecule has 2 saturated heterocycles. The molecule has 0 aromatic rings. The summed E-state index contributed by atoms with van der Waals surface area (Å²) in [6.07, 6.45) is 1.23. The van der Waals surface area contributed by atoms with Gasteiger partial charge >= 0.3 is 11.9 Å². The van der Waals surface area contributed by atoms with Crippen molar-refractivity contribution < 1.29 is 19.1 Å². The Morgan fingerprint density at radius 3 is 1.79 bits per heavy atom. The van der Waals surface area contributed by atoms with Gasteiger partial charge in [-0.05, 0) is 12.8 Å². The van der Waals surface area contributed by atoms with Crippen LogP contribution in [0.25, 0.3) is 0 Å². The first-order chi connectivity index (χ1) is 6.69. The molecule has 2 fully saturated rings. The summed E-state index contributed by atoms with van der Waals surface area (Å²) >= 11 is 0. The minimum absolute atomic E-state index is 0.135. The molecule has 4 heteroatoms. The number of cyclic esters (lactones) is 2. The van der Waals surface area contributed by atoms with Gasteiger partial charge in [0.1, 0.15) is 0 Å². The fraction of sp³-hybridized carbons (Fsp3) is 0.800. The average Bonchev–Trinajstić information content (AvgIpc) is 2.67. The number of carbonyl (C=O) groups is 2. The lowest BCUT2D eigenvalue weighted by atomic mass is 9.88. The maximum Gasteiger partial charge on any atom is 0.320 e. The lowest BCUT2D eigenvalue weighted by Crippen LogP contribution is -2.24. The second-order valence-corrected chi connectivity index (χ2v) is 3.82. The summed E-state index contributed by atoms with van der Waals surface area (Å²) in [7, 11) is 0. The van der Waals surface area contributed by atoms with Gasteiger partial charge in [-0.2, -0.15) is 0 Å². The molecule has 4 atom stereocenters. The molecule has 2 aliphatic rings. The second-order valence-electron chi connectivity index (χ2n) is 3.82. The van der Waals surface area contributed by atoms with E-state index in [0.29, 0.717) is 0 Å². The Morgan fingerprint density at radius 2 is 1.43 bits per heavy atom. The molecule has 0 spiro atoms. The minimum atomic E-state index is -0.400. The van der Waals surface area contributed by atoms with Crippen molar-refractivity contribution in [3.8, 4) is 0 Å². The van der Waals surface area contributed by atoms with Crippen LogP contribution in [0.5, 0.6) is 0 Å². The van der Waals surface area contributed by atoms with Crippen LogP contribution in [-0.4, -0.2) is 24.1 Å². The number of esters is 2. The Balaban J connectivity index is 2.26. The summed E-state index contributed by atoms with van der Waals surface area (Å²) in [4.78, 5) is 22.7. The zero-order valence-electron chi connectivity index (χ0n) is 8.36. The summed E-state index contributed by atoms with van der Waals surface area (Å²) in [6.45, 7) is 3.91. The number of carbonyl (C=O) groups excluding carboxylic acids is 2. The lowest BCUT2D eigenvalue weighted by Gasteiger charge is -2.13. The molecule has 78 valence electrons. The highest BCUT2D eigenvalue weighted by Crippen LogP contribution is 2.41. The van der Waals surface area contributed by atoms with E-state index in [1.54, 1.807) is 0 Å². The highest BCUT2D eigenvalue weighted by Gasteiger charge is 2.57. The molecular formula is C10H14O4. The van der Waals surface area contributed by atoms with Crippen LogP contribution < -0.4 is 0 Å². The Hall–Kier alpha value is -0.900. The monoisotopic (exact) mass is 198 g/mol. The molecule has 0 bridgehead atoms. The largest absolute Gasteiger partial charge is 0.393 e. The molecule has 2 rings (SSSR count).